The molecule has 0 fully saturated rings. The first kappa shape index (κ1) is 19.3. The van der Waals surface area contributed by atoms with Crippen LogP contribution in [0.2, 0.25) is 5.02 Å². The number of nitrogens with one attached hydrogen (secondary N) is 2. The molecule has 3 rings (SSSR count). The molecule has 0 unspecified atom stereocenters. The van der Waals surface area contributed by atoms with E-state index < -0.39 is 17.6 Å². The molecule has 0 atom stereocenters. The first-order valence-corrected chi connectivity index (χ1v) is 8.65. The lowest BCUT2D eigenvalue weighted by molar-refractivity contribution is 0.0953. The summed E-state index contributed by atoms with van der Waals surface area (Å²) in [6, 6.07) is 18.6. The Labute approximate surface area is 165 Å². The zero-order valence-corrected chi connectivity index (χ0v) is 15.3. The van der Waals surface area contributed by atoms with Gasteiger partial charge in [-0.15, -0.1) is 0 Å². The average molecular weight is 396 g/mol. The van der Waals surface area contributed by atoms with Gasteiger partial charge in [-0.3, -0.25) is 9.59 Å². The van der Waals surface area contributed by atoms with Crippen molar-refractivity contribution < 1.29 is 14.0 Å². The van der Waals surface area contributed by atoms with Crippen LogP contribution in [-0.4, -0.2) is 18.0 Å². The summed E-state index contributed by atoms with van der Waals surface area (Å²) in [6.07, 6.45) is 1.44. The second-order valence-corrected chi connectivity index (χ2v) is 6.17. The predicted octanol–water partition coefficient (Wildman–Crippen LogP) is 4.50. The standard InChI is InChI=1S/C21H15ClFN3O2/c22-19-7-2-1-4-16(19)13-24-26-21(28)15-5-3-6-18(12-15)25-20(27)14-8-10-17(23)11-9-14/h1-13H,(H,25,27)(H,26,28)/b24-13-. The molecule has 0 radical (unpaired) electrons. The van der Waals surface area contributed by atoms with Gasteiger partial charge in [-0.1, -0.05) is 35.9 Å². The van der Waals surface area contributed by atoms with E-state index in [-0.39, 0.29) is 0 Å². The average Bonchev–Trinajstić information content (AvgIpc) is 2.70. The summed E-state index contributed by atoms with van der Waals surface area (Å²) in [5.74, 6) is -1.27. The first-order valence-electron chi connectivity index (χ1n) is 8.28. The van der Waals surface area contributed by atoms with Crippen molar-refractivity contribution in [3.05, 3.63) is 100 Å². The molecule has 3 aromatic rings. The summed E-state index contributed by atoms with van der Waals surface area (Å²) < 4.78 is 13.0. The predicted molar refractivity (Wildman–Crippen MR) is 107 cm³/mol. The maximum Gasteiger partial charge on any atom is 0.271 e. The Hall–Kier alpha value is -3.51. The summed E-state index contributed by atoms with van der Waals surface area (Å²) in [5, 5.41) is 7.08. The number of hydrogen-bond acceptors (Lipinski definition) is 3. The topological polar surface area (TPSA) is 70.6 Å². The third kappa shape index (κ3) is 5.02. The highest BCUT2D eigenvalue weighted by molar-refractivity contribution is 6.33. The third-order valence-corrected chi connectivity index (χ3v) is 4.11. The lowest BCUT2D eigenvalue weighted by Crippen LogP contribution is -2.18. The van der Waals surface area contributed by atoms with Gasteiger partial charge in [-0.25, -0.2) is 9.82 Å². The molecule has 0 aliphatic heterocycles. The summed E-state index contributed by atoms with van der Waals surface area (Å²) in [6.45, 7) is 0. The van der Waals surface area contributed by atoms with E-state index in [2.05, 4.69) is 15.8 Å². The number of carbonyl (C=O) groups excluding carboxylic acids is 2. The van der Waals surface area contributed by atoms with Gasteiger partial charge >= 0.3 is 0 Å². The maximum absolute atomic E-state index is 13.0. The molecule has 0 aliphatic rings. The van der Waals surface area contributed by atoms with E-state index in [0.29, 0.717) is 27.4 Å². The van der Waals surface area contributed by atoms with Gasteiger partial charge in [0.15, 0.2) is 0 Å². The summed E-state index contributed by atoms with van der Waals surface area (Å²) in [7, 11) is 0. The van der Waals surface area contributed by atoms with Crippen LogP contribution >= 0.6 is 11.6 Å². The van der Waals surface area contributed by atoms with E-state index in [9.17, 15) is 14.0 Å². The van der Waals surface area contributed by atoms with Crippen molar-refractivity contribution in [2.45, 2.75) is 0 Å². The Morgan fingerprint density at radius 2 is 1.64 bits per heavy atom. The number of amides is 2. The van der Waals surface area contributed by atoms with E-state index in [1.54, 1.807) is 36.4 Å². The SMILES string of the molecule is O=C(N/N=C\c1ccccc1Cl)c1cccc(NC(=O)c2ccc(F)cc2)c1. The Balaban J connectivity index is 1.65. The fourth-order valence-corrected chi connectivity index (χ4v) is 2.53. The van der Waals surface area contributed by atoms with Gasteiger partial charge in [0.2, 0.25) is 0 Å². The molecule has 0 saturated carbocycles. The molecule has 28 heavy (non-hydrogen) atoms. The minimum absolute atomic E-state index is 0.306. The second-order valence-electron chi connectivity index (χ2n) is 5.76. The number of halogens is 2. The summed E-state index contributed by atoms with van der Waals surface area (Å²) >= 11 is 6.02. The fourth-order valence-electron chi connectivity index (χ4n) is 2.35. The molecule has 140 valence electrons. The minimum atomic E-state index is -0.443. The van der Waals surface area contributed by atoms with Crippen LogP contribution in [0.5, 0.6) is 0 Å². The second kappa shape index (κ2) is 8.92. The molecule has 5 nitrogen and oxygen atoms in total. The van der Waals surface area contributed by atoms with Crippen LogP contribution in [-0.2, 0) is 0 Å². The molecule has 0 aromatic heterocycles. The van der Waals surface area contributed by atoms with Crippen LogP contribution in [0.25, 0.3) is 0 Å². The zero-order valence-electron chi connectivity index (χ0n) is 14.5. The number of hydrogen-bond donors (Lipinski definition) is 2. The van der Waals surface area contributed by atoms with Gasteiger partial charge < -0.3 is 5.32 Å². The molecule has 0 saturated heterocycles. The van der Waals surface area contributed by atoms with Crippen LogP contribution in [0.4, 0.5) is 10.1 Å². The van der Waals surface area contributed by atoms with Crippen LogP contribution in [0.15, 0.2) is 77.9 Å². The van der Waals surface area contributed by atoms with E-state index in [0.717, 1.165) is 0 Å². The molecule has 0 heterocycles. The lowest BCUT2D eigenvalue weighted by Gasteiger charge is -2.07. The van der Waals surface area contributed by atoms with Gasteiger partial charge in [0.25, 0.3) is 11.8 Å². The van der Waals surface area contributed by atoms with Gasteiger partial charge in [0.05, 0.1) is 6.21 Å². The van der Waals surface area contributed by atoms with Crippen molar-refractivity contribution in [1.29, 1.82) is 0 Å². The highest BCUT2D eigenvalue weighted by atomic mass is 35.5. The van der Waals surface area contributed by atoms with Crippen molar-refractivity contribution >= 4 is 35.3 Å². The maximum atomic E-state index is 13.0. The Bertz CT molecular complexity index is 1040. The van der Waals surface area contributed by atoms with Gasteiger partial charge in [0.1, 0.15) is 5.82 Å². The van der Waals surface area contributed by atoms with Gasteiger partial charge in [-0.05, 0) is 48.5 Å². The smallest absolute Gasteiger partial charge is 0.271 e. The molecular formula is C21H15ClFN3O2. The van der Waals surface area contributed by atoms with E-state index in [4.69, 9.17) is 11.6 Å². The molecule has 0 aliphatic carbocycles. The summed E-state index contributed by atoms with van der Waals surface area (Å²) in [5.41, 5.74) is 4.13. The number of carbonyl (C=O) groups is 2. The van der Waals surface area contributed by atoms with Crippen molar-refractivity contribution in [1.82, 2.24) is 5.43 Å². The molecule has 0 bridgehead atoms. The third-order valence-electron chi connectivity index (χ3n) is 3.76. The lowest BCUT2D eigenvalue weighted by atomic mass is 10.1. The molecule has 7 heteroatoms. The number of hydrazone groups is 1. The molecule has 2 N–H and O–H groups in total. The van der Waals surface area contributed by atoms with Crippen LogP contribution < -0.4 is 10.7 Å². The quantitative estimate of drug-likeness (QED) is 0.493. The number of rotatable bonds is 5. The minimum Gasteiger partial charge on any atom is -0.322 e. The fraction of sp³-hybridized carbons (Fsp3) is 0. The largest absolute Gasteiger partial charge is 0.322 e. The van der Waals surface area contributed by atoms with E-state index in [1.807, 2.05) is 6.07 Å². The first-order chi connectivity index (χ1) is 13.5. The molecule has 3 aromatic carbocycles. The van der Waals surface area contributed by atoms with E-state index in [1.165, 1.54) is 36.5 Å². The van der Waals surface area contributed by atoms with Crippen molar-refractivity contribution in [2.75, 3.05) is 5.32 Å². The monoisotopic (exact) mass is 395 g/mol. The van der Waals surface area contributed by atoms with Crippen LogP contribution in [0, 0.1) is 5.82 Å². The Kier molecular flexibility index (Phi) is 6.14. The number of benzene rings is 3. The van der Waals surface area contributed by atoms with Crippen molar-refractivity contribution in [2.24, 2.45) is 5.10 Å². The van der Waals surface area contributed by atoms with Crippen molar-refractivity contribution in [3.63, 3.8) is 0 Å². The van der Waals surface area contributed by atoms with E-state index >= 15 is 0 Å². The number of anilines is 1. The Morgan fingerprint density at radius 1 is 0.893 bits per heavy atom. The molecular weight excluding hydrogens is 381 g/mol. The van der Waals surface area contributed by atoms with Crippen molar-refractivity contribution in [3.8, 4) is 0 Å². The van der Waals surface area contributed by atoms with Gasteiger partial charge in [-0.2, -0.15) is 5.10 Å². The highest BCUT2D eigenvalue weighted by Crippen LogP contribution is 2.14. The summed E-state index contributed by atoms with van der Waals surface area (Å²) in [4.78, 5) is 24.5. The normalized spacial score (nSPS) is 10.6. The molecule has 2 amide bonds. The number of nitrogens with zero attached hydrogens (tertiary/aromatic N) is 1. The van der Waals surface area contributed by atoms with Crippen LogP contribution in [0.3, 0.4) is 0 Å². The zero-order chi connectivity index (χ0) is 19.9. The van der Waals surface area contributed by atoms with Crippen LogP contribution in [0.1, 0.15) is 26.3 Å². The molecule has 0 spiro atoms. The van der Waals surface area contributed by atoms with Gasteiger partial charge in [0, 0.05) is 27.4 Å². The Morgan fingerprint density at radius 3 is 2.39 bits per heavy atom. The highest BCUT2D eigenvalue weighted by Gasteiger charge is 2.09.